The highest BCUT2D eigenvalue weighted by molar-refractivity contribution is 7.07. The Morgan fingerprint density at radius 1 is 1.25 bits per heavy atom. The molecule has 0 bridgehead atoms. The third-order valence-corrected chi connectivity index (χ3v) is 4.30. The van der Waals surface area contributed by atoms with Crippen molar-refractivity contribution in [1.82, 2.24) is 5.32 Å². The average Bonchev–Trinajstić information content (AvgIpc) is 2.97. The van der Waals surface area contributed by atoms with Crippen molar-refractivity contribution >= 4 is 11.3 Å². The first-order chi connectivity index (χ1) is 9.79. The van der Waals surface area contributed by atoms with Crippen molar-refractivity contribution in [2.75, 3.05) is 13.1 Å². The SMILES string of the molecule is CCNCC(CCc1ccsc1)Cc1ccccc1F. The van der Waals surface area contributed by atoms with Crippen LogP contribution in [0.3, 0.4) is 0 Å². The maximum absolute atomic E-state index is 13.8. The van der Waals surface area contributed by atoms with E-state index < -0.39 is 0 Å². The summed E-state index contributed by atoms with van der Waals surface area (Å²) in [5.74, 6) is 0.399. The van der Waals surface area contributed by atoms with E-state index in [1.54, 1.807) is 23.5 Å². The maximum Gasteiger partial charge on any atom is 0.126 e. The summed E-state index contributed by atoms with van der Waals surface area (Å²) >= 11 is 1.74. The van der Waals surface area contributed by atoms with Crippen LogP contribution in [-0.4, -0.2) is 13.1 Å². The molecule has 1 nitrogen and oxygen atoms in total. The normalized spacial score (nSPS) is 12.5. The number of nitrogens with one attached hydrogen (secondary N) is 1. The van der Waals surface area contributed by atoms with Crippen molar-refractivity contribution in [3.63, 3.8) is 0 Å². The first kappa shape index (κ1) is 15.2. The molecule has 2 rings (SSSR count). The summed E-state index contributed by atoms with van der Waals surface area (Å²) in [5, 5.41) is 7.72. The van der Waals surface area contributed by atoms with Crippen molar-refractivity contribution in [2.24, 2.45) is 5.92 Å². The smallest absolute Gasteiger partial charge is 0.126 e. The Morgan fingerprint density at radius 2 is 2.10 bits per heavy atom. The number of aryl methyl sites for hydroxylation is 1. The zero-order valence-electron chi connectivity index (χ0n) is 11.9. The van der Waals surface area contributed by atoms with Gasteiger partial charge in [-0.05, 0) is 72.3 Å². The molecule has 20 heavy (non-hydrogen) atoms. The topological polar surface area (TPSA) is 12.0 Å². The lowest BCUT2D eigenvalue weighted by molar-refractivity contribution is 0.441. The summed E-state index contributed by atoms with van der Waals surface area (Å²) in [4.78, 5) is 0. The fourth-order valence-corrected chi connectivity index (χ4v) is 3.11. The second-order valence-corrected chi connectivity index (χ2v) is 5.92. The summed E-state index contributed by atoms with van der Waals surface area (Å²) in [6.45, 7) is 4.03. The second-order valence-electron chi connectivity index (χ2n) is 5.14. The molecule has 1 unspecified atom stereocenters. The van der Waals surface area contributed by atoms with Gasteiger partial charge in [-0.1, -0.05) is 25.1 Å². The largest absolute Gasteiger partial charge is 0.317 e. The van der Waals surface area contributed by atoms with Gasteiger partial charge in [-0.25, -0.2) is 4.39 Å². The van der Waals surface area contributed by atoms with E-state index in [0.29, 0.717) is 5.92 Å². The first-order valence-corrected chi connectivity index (χ1v) is 8.19. The molecule has 0 amide bonds. The summed E-state index contributed by atoms with van der Waals surface area (Å²) in [6.07, 6.45) is 2.98. The van der Waals surface area contributed by atoms with Gasteiger partial charge >= 0.3 is 0 Å². The molecule has 0 aliphatic carbocycles. The molecule has 1 atom stereocenters. The van der Waals surface area contributed by atoms with Gasteiger partial charge in [-0.2, -0.15) is 11.3 Å². The van der Waals surface area contributed by atoms with Gasteiger partial charge in [0.15, 0.2) is 0 Å². The summed E-state index contributed by atoms with van der Waals surface area (Å²) < 4.78 is 13.8. The number of hydrogen-bond donors (Lipinski definition) is 1. The third kappa shape index (κ3) is 4.73. The van der Waals surface area contributed by atoms with Gasteiger partial charge in [0.25, 0.3) is 0 Å². The molecule has 1 heterocycles. The van der Waals surface area contributed by atoms with Crippen LogP contribution in [-0.2, 0) is 12.8 Å². The summed E-state index contributed by atoms with van der Waals surface area (Å²) in [5.41, 5.74) is 2.23. The zero-order chi connectivity index (χ0) is 14.2. The predicted molar refractivity (Wildman–Crippen MR) is 84.8 cm³/mol. The van der Waals surface area contributed by atoms with Crippen molar-refractivity contribution in [3.8, 4) is 0 Å². The highest BCUT2D eigenvalue weighted by Gasteiger charge is 2.12. The minimum absolute atomic E-state index is 0.0791. The van der Waals surface area contributed by atoms with Crippen LogP contribution in [0.1, 0.15) is 24.5 Å². The van der Waals surface area contributed by atoms with Crippen molar-refractivity contribution < 1.29 is 4.39 Å². The van der Waals surface area contributed by atoms with E-state index in [4.69, 9.17) is 0 Å². The third-order valence-electron chi connectivity index (χ3n) is 3.57. The molecule has 1 aromatic heterocycles. The van der Waals surface area contributed by atoms with Crippen LogP contribution < -0.4 is 5.32 Å². The van der Waals surface area contributed by atoms with Gasteiger partial charge in [-0.3, -0.25) is 0 Å². The van der Waals surface area contributed by atoms with E-state index in [1.807, 2.05) is 12.1 Å². The number of halogens is 1. The highest BCUT2D eigenvalue weighted by atomic mass is 32.1. The van der Waals surface area contributed by atoms with E-state index in [1.165, 1.54) is 5.56 Å². The van der Waals surface area contributed by atoms with Crippen molar-refractivity contribution in [1.29, 1.82) is 0 Å². The number of rotatable bonds is 8. The molecule has 3 heteroatoms. The Morgan fingerprint density at radius 3 is 2.80 bits per heavy atom. The Labute approximate surface area is 124 Å². The van der Waals surface area contributed by atoms with E-state index in [9.17, 15) is 4.39 Å². The minimum atomic E-state index is -0.0791. The molecule has 0 aliphatic rings. The molecular weight excluding hydrogens is 269 g/mol. The molecule has 0 spiro atoms. The zero-order valence-corrected chi connectivity index (χ0v) is 12.8. The van der Waals surface area contributed by atoms with Crippen LogP contribution in [0.2, 0.25) is 0 Å². The number of benzene rings is 1. The molecule has 108 valence electrons. The molecule has 0 saturated heterocycles. The predicted octanol–water partition coefficient (Wildman–Crippen LogP) is 4.29. The van der Waals surface area contributed by atoms with Gasteiger partial charge in [0, 0.05) is 0 Å². The fourth-order valence-electron chi connectivity index (χ4n) is 2.41. The number of hydrogen-bond acceptors (Lipinski definition) is 2. The van der Waals surface area contributed by atoms with Crippen LogP contribution in [0.15, 0.2) is 41.1 Å². The molecule has 0 saturated carbocycles. The molecule has 0 aliphatic heterocycles. The van der Waals surface area contributed by atoms with Crippen molar-refractivity contribution in [2.45, 2.75) is 26.2 Å². The van der Waals surface area contributed by atoms with Gasteiger partial charge in [-0.15, -0.1) is 0 Å². The van der Waals surface area contributed by atoms with Gasteiger partial charge in [0.2, 0.25) is 0 Å². The van der Waals surface area contributed by atoms with Crippen molar-refractivity contribution in [3.05, 3.63) is 58.0 Å². The quantitative estimate of drug-likeness (QED) is 0.765. The monoisotopic (exact) mass is 291 g/mol. The van der Waals surface area contributed by atoms with E-state index in [-0.39, 0.29) is 5.82 Å². The van der Waals surface area contributed by atoms with Gasteiger partial charge in [0.1, 0.15) is 5.82 Å². The molecule has 0 radical (unpaired) electrons. The standard InChI is InChI=1S/C17H22FNS/c1-2-19-12-15(8-7-14-9-10-20-13-14)11-16-5-3-4-6-17(16)18/h3-6,9-10,13,15,19H,2,7-8,11-12H2,1H3. The fraction of sp³-hybridized carbons (Fsp3) is 0.412. The summed E-state index contributed by atoms with van der Waals surface area (Å²) in [6, 6.07) is 9.31. The highest BCUT2D eigenvalue weighted by Crippen LogP contribution is 2.18. The molecule has 0 fully saturated rings. The second kappa shape index (κ2) is 8.18. The lowest BCUT2D eigenvalue weighted by Crippen LogP contribution is -2.24. The minimum Gasteiger partial charge on any atom is -0.317 e. The molecular formula is C17H22FNS. The first-order valence-electron chi connectivity index (χ1n) is 7.24. The molecule has 1 aromatic carbocycles. The molecule has 2 aromatic rings. The van der Waals surface area contributed by atoms with Crippen LogP contribution in [0.5, 0.6) is 0 Å². The number of thiophene rings is 1. The Balaban J connectivity index is 1.94. The van der Waals surface area contributed by atoms with Crippen LogP contribution >= 0.6 is 11.3 Å². The lowest BCUT2D eigenvalue weighted by Gasteiger charge is -2.17. The van der Waals surface area contributed by atoms with Crippen LogP contribution in [0.25, 0.3) is 0 Å². The van der Waals surface area contributed by atoms with Gasteiger partial charge in [0.05, 0.1) is 0 Å². The van der Waals surface area contributed by atoms with E-state index >= 15 is 0 Å². The Bertz CT molecular complexity index is 495. The van der Waals surface area contributed by atoms with E-state index in [0.717, 1.165) is 37.9 Å². The maximum atomic E-state index is 13.8. The van der Waals surface area contributed by atoms with Crippen LogP contribution in [0.4, 0.5) is 4.39 Å². The van der Waals surface area contributed by atoms with Crippen LogP contribution in [0, 0.1) is 11.7 Å². The van der Waals surface area contributed by atoms with E-state index in [2.05, 4.69) is 29.1 Å². The molecule has 1 N–H and O–H groups in total. The Kier molecular flexibility index (Phi) is 6.22. The average molecular weight is 291 g/mol. The summed E-state index contributed by atoms with van der Waals surface area (Å²) in [7, 11) is 0. The van der Waals surface area contributed by atoms with Gasteiger partial charge < -0.3 is 5.32 Å². The lowest BCUT2D eigenvalue weighted by atomic mass is 9.93. The Hall–Kier alpha value is -1.19.